The van der Waals surface area contributed by atoms with E-state index in [-0.39, 0.29) is 18.6 Å². The quantitative estimate of drug-likeness (QED) is 0.893. The standard InChI is InChI=1S/C14H19BrN2O2/c1-16-14(19)13-4-2-3-7-17(13)11-6-5-10(9-18)12(15)8-11/h5-6,8,13,18H,2-4,7,9H2,1H3,(H,16,19). The smallest absolute Gasteiger partial charge is 0.242 e. The maximum absolute atomic E-state index is 12.0. The molecule has 1 aromatic carbocycles. The van der Waals surface area contributed by atoms with Gasteiger partial charge in [0.05, 0.1) is 6.61 Å². The Morgan fingerprint density at radius 3 is 2.95 bits per heavy atom. The van der Waals surface area contributed by atoms with E-state index in [0.717, 1.165) is 41.5 Å². The number of aliphatic hydroxyl groups is 1. The molecular weight excluding hydrogens is 308 g/mol. The van der Waals surface area contributed by atoms with Crippen LogP contribution in [0.1, 0.15) is 24.8 Å². The molecule has 1 aliphatic rings. The first-order chi connectivity index (χ1) is 9.17. The van der Waals surface area contributed by atoms with E-state index in [0.29, 0.717) is 0 Å². The summed E-state index contributed by atoms with van der Waals surface area (Å²) in [5.41, 5.74) is 1.88. The minimum absolute atomic E-state index is 0.0136. The molecule has 0 aromatic heterocycles. The van der Waals surface area contributed by atoms with Crippen molar-refractivity contribution in [2.75, 3.05) is 18.5 Å². The molecule has 4 nitrogen and oxygen atoms in total. The van der Waals surface area contributed by atoms with Crippen LogP contribution >= 0.6 is 15.9 Å². The van der Waals surface area contributed by atoms with Crippen molar-refractivity contribution in [2.24, 2.45) is 0 Å². The minimum atomic E-state index is -0.0920. The number of anilines is 1. The number of halogens is 1. The molecule has 104 valence electrons. The Morgan fingerprint density at radius 1 is 1.53 bits per heavy atom. The Kier molecular flexibility index (Phi) is 4.82. The maximum Gasteiger partial charge on any atom is 0.242 e. The zero-order valence-corrected chi connectivity index (χ0v) is 12.6. The van der Waals surface area contributed by atoms with Gasteiger partial charge < -0.3 is 15.3 Å². The van der Waals surface area contributed by atoms with Gasteiger partial charge in [-0.2, -0.15) is 0 Å². The van der Waals surface area contributed by atoms with E-state index in [1.54, 1.807) is 7.05 Å². The number of carbonyl (C=O) groups excluding carboxylic acids is 1. The number of nitrogens with zero attached hydrogens (tertiary/aromatic N) is 1. The van der Waals surface area contributed by atoms with Crippen LogP contribution in [-0.2, 0) is 11.4 Å². The van der Waals surface area contributed by atoms with Gasteiger partial charge in [-0.15, -0.1) is 0 Å². The average molecular weight is 327 g/mol. The lowest BCUT2D eigenvalue weighted by Gasteiger charge is -2.36. The number of rotatable bonds is 3. The molecule has 2 N–H and O–H groups in total. The molecular formula is C14H19BrN2O2. The highest BCUT2D eigenvalue weighted by molar-refractivity contribution is 9.10. The number of likely N-dealkylation sites (N-methyl/N-ethyl adjacent to an activating group) is 1. The van der Waals surface area contributed by atoms with Crippen LogP contribution in [0.4, 0.5) is 5.69 Å². The monoisotopic (exact) mass is 326 g/mol. The van der Waals surface area contributed by atoms with Gasteiger partial charge in [-0.1, -0.05) is 22.0 Å². The van der Waals surface area contributed by atoms with Crippen LogP contribution in [0.5, 0.6) is 0 Å². The first-order valence-corrected chi connectivity index (χ1v) is 7.34. The predicted molar refractivity (Wildman–Crippen MR) is 79.1 cm³/mol. The number of benzene rings is 1. The summed E-state index contributed by atoms with van der Waals surface area (Å²) in [4.78, 5) is 14.1. The Bertz CT molecular complexity index is 465. The Balaban J connectivity index is 2.27. The first-order valence-electron chi connectivity index (χ1n) is 6.55. The lowest BCUT2D eigenvalue weighted by molar-refractivity contribution is -0.122. The fourth-order valence-corrected chi connectivity index (χ4v) is 3.01. The van der Waals surface area contributed by atoms with Crippen LogP contribution in [0.3, 0.4) is 0 Å². The van der Waals surface area contributed by atoms with E-state index in [4.69, 9.17) is 0 Å². The van der Waals surface area contributed by atoms with Crippen molar-refractivity contribution in [1.29, 1.82) is 0 Å². The summed E-state index contributed by atoms with van der Waals surface area (Å²) in [6.07, 6.45) is 3.08. The van der Waals surface area contributed by atoms with E-state index in [1.807, 2.05) is 18.2 Å². The van der Waals surface area contributed by atoms with Crippen molar-refractivity contribution in [2.45, 2.75) is 31.9 Å². The molecule has 1 aliphatic heterocycles. The number of carbonyl (C=O) groups is 1. The molecule has 0 saturated carbocycles. The van der Waals surface area contributed by atoms with Crippen LogP contribution < -0.4 is 10.2 Å². The van der Waals surface area contributed by atoms with Gasteiger partial charge in [0, 0.05) is 23.8 Å². The molecule has 0 bridgehead atoms. The lowest BCUT2D eigenvalue weighted by Crippen LogP contribution is -2.48. The summed E-state index contributed by atoms with van der Waals surface area (Å²) in [6, 6.07) is 5.75. The molecule has 1 heterocycles. The molecule has 0 aliphatic carbocycles. The van der Waals surface area contributed by atoms with Crippen molar-refractivity contribution in [3.05, 3.63) is 28.2 Å². The molecule has 1 saturated heterocycles. The number of hydrogen-bond acceptors (Lipinski definition) is 3. The Hall–Kier alpha value is -1.07. The molecule has 2 rings (SSSR count). The van der Waals surface area contributed by atoms with Gasteiger partial charge >= 0.3 is 0 Å². The third-order valence-corrected chi connectivity index (χ3v) is 4.33. The second kappa shape index (κ2) is 6.39. The second-order valence-electron chi connectivity index (χ2n) is 4.75. The largest absolute Gasteiger partial charge is 0.392 e. The number of hydrogen-bond donors (Lipinski definition) is 2. The highest BCUT2D eigenvalue weighted by Gasteiger charge is 2.28. The molecule has 0 radical (unpaired) electrons. The van der Waals surface area contributed by atoms with Gasteiger partial charge in [0.2, 0.25) is 5.91 Å². The first kappa shape index (κ1) is 14.3. The van der Waals surface area contributed by atoms with Crippen LogP contribution in [0.25, 0.3) is 0 Å². The van der Waals surface area contributed by atoms with Crippen LogP contribution in [-0.4, -0.2) is 30.6 Å². The van der Waals surface area contributed by atoms with Crippen molar-refractivity contribution in [1.82, 2.24) is 5.32 Å². The Labute approximate surface area is 121 Å². The zero-order valence-electron chi connectivity index (χ0n) is 11.0. The van der Waals surface area contributed by atoms with E-state index >= 15 is 0 Å². The van der Waals surface area contributed by atoms with Gasteiger partial charge in [0.15, 0.2) is 0 Å². The third kappa shape index (κ3) is 3.09. The fraction of sp³-hybridized carbons (Fsp3) is 0.500. The third-order valence-electron chi connectivity index (χ3n) is 3.59. The van der Waals surface area contributed by atoms with Crippen molar-refractivity contribution >= 4 is 27.5 Å². The molecule has 1 unspecified atom stereocenters. The SMILES string of the molecule is CNC(=O)C1CCCCN1c1ccc(CO)c(Br)c1. The molecule has 19 heavy (non-hydrogen) atoms. The predicted octanol–water partition coefficient (Wildman–Crippen LogP) is 2.05. The molecule has 1 fully saturated rings. The number of amides is 1. The van der Waals surface area contributed by atoms with Gasteiger partial charge in [-0.05, 0) is 37.0 Å². The molecule has 1 amide bonds. The summed E-state index contributed by atoms with van der Waals surface area (Å²) in [6.45, 7) is 0.905. The lowest BCUT2D eigenvalue weighted by atomic mass is 10.00. The van der Waals surface area contributed by atoms with Gasteiger partial charge in [-0.3, -0.25) is 4.79 Å². The van der Waals surface area contributed by atoms with Crippen molar-refractivity contribution in [3.8, 4) is 0 Å². The van der Waals surface area contributed by atoms with E-state index in [1.165, 1.54) is 0 Å². The van der Waals surface area contributed by atoms with Crippen molar-refractivity contribution < 1.29 is 9.90 Å². The normalized spacial score (nSPS) is 19.3. The second-order valence-corrected chi connectivity index (χ2v) is 5.61. The summed E-state index contributed by atoms with van der Waals surface area (Å²) in [7, 11) is 1.68. The minimum Gasteiger partial charge on any atom is -0.392 e. The number of nitrogens with one attached hydrogen (secondary N) is 1. The highest BCUT2D eigenvalue weighted by Crippen LogP contribution is 2.29. The van der Waals surface area contributed by atoms with E-state index in [9.17, 15) is 9.90 Å². The zero-order chi connectivity index (χ0) is 13.8. The summed E-state index contributed by atoms with van der Waals surface area (Å²) < 4.78 is 0.883. The Morgan fingerprint density at radius 2 is 2.32 bits per heavy atom. The average Bonchev–Trinajstić information content (AvgIpc) is 2.46. The molecule has 1 atom stereocenters. The summed E-state index contributed by atoms with van der Waals surface area (Å²) in [5.74, 6) is 0.0713. The summed E-state index contributed by atoms with van der Waals surface area (Å²) in [5, 5.41) is 11.9. The topological polar surface area (TPSA) is 52.6 Å². The van der Waals surface area contributed by atoms with Crippen LogP contribution in [0.15, 0.2) is 22.7 Å². The van der Waals surface area contributed by atoms with Gasteiger partial charge in [-0.25, -0.2) is 0 Å². The molecule has 5 heteroatoms. The van der Waals surface area contributed by atoms with E-state index in [2.05, 4.69) is 26.1 Å². The van der Waals surface area contributed by atoms with Crippen LogP contribution in [0.2, 0.25) is 0 Å². The summed E-state index contributed by atoms with van der Waals surface area (Å²) >= 11 is 3.46. The highest BCUT2D eigenvalue weighted by atomic mass is 79.9. The van der Waals surface area contributed by atoms with Gasteiger partial charge in [0.1, 0.15) is 6.04 Å². The molecule has 0 spiro atoms. The maximum atomic E-state index is 12.0. The van der Waals surface area contributed by atoms with E-state index < -0.39 is 0 Å². The molecule has 1 aromatic rings. The van der Waals surface area contributed by atoms with Crippen LogP contribution in [0, 0.1) is 0 Å². The van der Waals surface area contributed by atoms with Gasteiger partial charge in [0.25, 0.3) is 0 Å². The fourth-order valence-electron chi connectivity index (χ4n) is 2.52. The number of aliphatic hydroxyl groups excluding tert-OH is 1. The number of piperidine rings is 1. The van der Waals surface area contributed by atoms with Crippen molar-refractivity contribution in [3.63, 3.8) is 0 Å².